The van der Waals surface area contributed by atoms with E-state index in [4.69, 9.17) is 9.84 Å². The average molecular weight is 360 g/mol. The molecule has 27 heavy (non-hydrogen) atoms. The molecule has 0 amide bonds. The lowest BCUT2D eigenvalue weighted by Crippen LogP contribution is -2.36. The molecule has 0 aliphatic carbocycles. The molecule has 5 nitrogen and oxygen atoms in total. The summed E-state index contributed by atoms with van der Waals surface area (Å²) < 4.78 is 7.57. The van der Waals surface area contributed by atoms with Crippen LogP contribution in [-0.2, 0) is 4.74 Å². The molecule has 5 rings (SSSR count). The molecule has 2 aliphatic heterocycles. The van der Waals surface area contributed by atoms with E-state index in [9.17, 15) is 0 Å². The number of morpholine rings is 1. The van der Waals surface area contributed by atoms with E-state index in [0.717, 1.165) is 37.7 Å². The number of rotatable bonds is 2. The number of aromatic nitrogens is 2. The van der Waals surface area contributed by atoms with Crippen LogP contribution in [0.5, 0.6) is 0 Å². The van der Waals surface area contributed by atoms with Gasteiger partial charge in [-0.25, -0.2) is 4.68 Å². The average Bonchev–Trinajstić information content (AvgIpc) is 3.10. The van der Waals surface area contributed by atoms with Gasteiger partial charge in [0.15, 0.2) is 0 Å². The number of nitrogens with one attached hydrogen (secondary N) is 1. The van der Waals surface area contributed by atoms with Crippen molar-refractivity contribution in [2.24, 2.45) is 0 Å². The van der Waals surface area contributed by atoms with Crippen LogP contribution >= 0.6 is 0 Å². The van der Waals surface area contributed by atoms with E-state index in [-0.39, 0.29) is 6.17 Å². The highest BCUT2D eigenvalue weighted by molar-refractivity contribution is 5.79. The lowest BCUT2D eigenvalue weighted by atomic mass is 10.0. The number of benzene rings is 2. The molecule has 5 heteroatoms. The third-order valence-electron chi connectivity index (χ3n) is 5.43. The van der Waals surface area contributed by atoms with Crippen molar-refractivity contribution in [3.05, 3.63) is 65.4 Å². The van der Waals surface area contributed by atoms with Gasteiger partial charge in [0, 0.05) is 30.0 Å². The van der Waals surface area contributed by atoms with Crippen molar-refractivity contribution in [3.63, 3.8) is 0 Å². The van der Waals surface area contributed by atoms with E-state index in [1.807, 2.05) is 0 Å². The molecule has 1 saturated heterocycles. The number of nitrogens with zero attached hydrogens (tertiary/aromatic N) is 3. The fraction of sp³-hybridized carbons (Fsp3) is 0.318. The zero-order valence-corrected chi connectivity index (χ0v) is 15.8. The fourth-order valence-electron chi connectivity index (χ4n) is 4.03. The Hall–Kier alpha value is -2.79. The highest BCUT2D eigenvalue weighted by Crippen LogP contribution is 2.39. The number of hydrogen-bond donors (Lipinski definition) is 1. The van der Waals surface area contributed by atoms with E-state index in [0.29, 0.717) is 0 Å². The minimum absolute atomic E-state index is 0.00245. The second kappa shape index (κ2) is 6.43. The second-order valence-corrected chi connectivity index (χ2v) is 7.40. The van der Waals surface area contributed by atoms with Crippen molar-refractivity contribution in [1.82, 2.24) is 9.78 Å². The predicted octanol–water partition coefficient (Wildman–Crippen LogP) is 3.98. The highest BCUT2D eigenvalue weighted by atomic mass is 16.5. The van der Waals surface area contributed by atoms with Crippen LogP contribution in [0.2, 0.25) is 0 Å². The van der Waals surface area contributed by atoms with Crippen LogP contribution in [0.15, 0.2) is 48.5 Å². The van der Waals surface area contributed by atoms with Gasteiger partial charge in [0.1, 0.15) is 6.17 Å². The fourth-order valence-corrected chi connectivity index (χ4v) is 4.03. The lowest BCUT2D eigenvalue weighted by molar-refractivity contribution is 0.122. The van der Waals surface area contributed by atoms with Crippen molar-refractivity contribution in [3.8, 4) is 11.3 Å². The summed E-state index contributed by atoms with van der Waals surface area (Å²) in [4.78, 5) is 2.38. The molecule has 0 radical (unpaired) electrons. The van der Waals surface area contributed by atoms with Crippen molar-refractivity contribution in [2.75, 3.05) is 36.5 Å². The Balaban J connectivity index is 1.51. The van der Waals surface area contributed by atoms with Crippen LogP contribution in [0.25, 0.3) is 11.3 Å². The maximum Gasteiger partial charge on any atom is 0.147 e. The molecule has 1 fully saturated rings. The summed E-state index contributed by atoms with van der Waals surface area (Å²) in [5.74, 6) is 0. The maximum absolute atomic E-state index is 5.46. The summed E-state index contributed by atoms with van der Waals surface area (Å²) in [6.07, 6.45) is 0.00245. The molecule has 1 N–H and O–H groups in total. The summed E-state index contributed by atoms with van der Waals surface area (Å²) in [5, 5.41) is 8.45. The van der Waals surface area contributed by atoms with E-state index in [2.05, 4.69) is 77.3 Å². The third kappa shape index (κ3) is 2.88. The molecule has 1 aromatic heterocycles. The van der Waals surface area contributed by atoms with Crippen LogP contribution in [0, 0.1) is 13.8 Å². The quantitative estimate of drug-likeness (QED) is 0.751. The maximum atomic E-state index is 5.46. The van der Waals surface area contributed by atoms with Crippen LogP contribution in [0.3, 0.4) is 0 Å². The molecule has 1 atom stereocenters. The minimum atomic E-state index is 0.00245. The molecule has 138 valence electrons. The smallest absolute Gasteiger partial charge is 0.147 e. The Morgan fingerprint density at radius 3 is 2.56 bits per heavy atom. The standard InChI is InChI=1S/C22H24N4O/c1-15-3-8-20-19(13-15)21-14-16(2)24-26(21)22(23-20)17-4-6-18(7-5-17)25-9-11-27-12-10-25/h3-8,13-14,22-23H,9-12H2,1-2H3/t22-/m1/s1. The minimum Gasteiger partial charge on any atom is -0.378 e. The van der Waals surface area contributed by atoms with Crippen molar-refractivity contribution < 1.29 is 4.74 Å². The molecule has 0 bridgehead atoms. The number of anilines is 2. The van der Waals surface area contributed by atoms with Crippen molar-refractivity contribution in [1.29, 1.82) is 0 Å². The van der Waals surface area contributed by atoms with E-state index in [1.54, 1.807) is 0 Å². The Kier molecular flexibility index (Phi) is 3.90. The van der Waals surface area contributed by atoms with E-state index < -0.39 is 0 Å². The van der Waals surface area contributed by atoms with Crippen LogP contribution in [0.4, 0.5) is 11.4 Å². The number of fused-ring (bicyclic) bond motifs is 3. The summed E-state index contributed by atoms with van der Waals surface area (Å²) in [5.41, 5.74) is 8.32. The first-order valence-electron chi connectivity index (χ1n) is 9.55. The Bertz CT molecular complexity index is 970. The topological polar surface area (TPSA) is 42.3 Å². The summed E-state index contributed by atoms with van der Waals surface area (Å²) in [6, 6.07) is 17.6. The van der Waals surface area contributed by atoms with Gasteiger partial charge in [0.05, 0.1) is 24.6 Å². The monoisotopic (exact) mass is 360 g/mol. The molecular formula is C22H24N4O. The summed E-state index contributed by atoms with van der Waals surface area (Å²) >= 11 is 0. The normalized spacial score (nSPS) is 18.6. The van der Waals surface area contributed by atoms with Gasteiger partial charge in [0.25, 0.3) is 0 Å². The van der Waals surface area contributed by atoms with Gasteiger partial charge in [0.2, 0.25) is 0 Å². The number of ether oxygens (including phenoxy) is 1. The lowest BCUT2D eigenvalue weighted by Gasteiger charge is -2.31. The highest BCUT2D eigenvalue weighted by Gasteiger charge is 2.26. The Labute approximate surface area is 159 Å². The third-order valence-corrected chi connectivity index (χ3v) is 5.43. The van der Waals surface area contributed by atoms with Crippen molar-refractivity contribution >= 4 is 11.4 Å². The summed E-state index contributed by atoms with van der Waals surface area (Å²) in [7, 11) is 0. The van der Waals surface area contributed by atoms with Crippen LogP contribution < -0.4 is 10.2 Å². The largest absolute Gasteiger partial charge is 0.378 e. The first-order chi connectivity index (χ1) is 13.2. The summed E-state index contributed by atoms with van der Waals surface area (Å²) in [6.45, 7) is 7.70. The van der Waals surface area contributed by atoms with Gasteiger partial charge < -0.3 is 15.0 Å². The number of hydrogen-bond acceptors (Lipinski definition) is 4. The Morgan fingerprint density at radius 1 is 1.00 bits per heavy atom. The number of aryl methyl sites for hydroxylation is 2. The van der Waals surface area contributed by atoms with E-state index in [1.165, 1.54) is 28.1 Å². The SMILES string of the molecule is Cc1ccc2c(c1)-c1cc(C)nn1[C@H](c1ccc(N3CCOCC3)cc1)N2. The van der Waals surface area contributed by atoms with Gasteiger partial charge in [-0.1, -0.05) is 23.8 Å². The van der Waals surface area contributed by atoms with Gasteiger partial charge in [-0.3, -0.25) is 0 Å². The molecule has 2 aliphatic rings. The molecule has 0 spiro atoms. The second-order valence-electron chi connectivity index (χ2n) is 7.40. The van der Waals surface area contributed by atoms with Gasteiger partial charge in [-0.2, -0.15) is 5.10 Å². The molecule has 0 saturated carbocycles. The first-order valence-corrected chi connectivity index (χ1v) is 9.55. The molecule has 2 aromatic carbocycles. The van der Waals surface area contributed by atoms with Gasteiger partial charge in [-0.15, -0.1) is 0 Å². The zero-order chi connectivity index (χ0) is 18.4. The van der Waals surface area contributed by atoms with Gasteiger partial charge >= 0.3 is 0 Å². The molecule has 0 unspecified atom stereocenters. The van der Waals surface area contributed by atoms with Crippen LogP contribution in [-0.4, -0.2) is 36.1 Å². The van der Waals surface area contributed by atoms with Crippen LogP contribution in [0.1, 0.15) is 23.0 Å². The van der Waals surface area contributed by atoms with Crippen molar-refractivity contribution in [2.45, 2.75) is 20.0 Å². The molecule has 3 aromatic rings. The molecule has 3 heterocycles. The Morgan fingerprint density at radius 2 is 1.78 bits per heavy atom. The molecular weight excluding hydrogens is 336 g/mol. The van der Waals surface area contributed by atoms with E-state index >= 15 is 0 Å². The van der Waals surface area contributed by atoms with Gasteiger partial charge in [-0.05, 0) is 49.7 Å². The predicted molar refractivity (Wildman–Crippen MR) is 108 cm³/mol. The zero-order valence-electron chi connectivity index (χ0n) is 15.8. The first kappa shape index (κ1) is 16.4.